The minimum Gasteiger partial charge on any atom is -0.542 e. The largest absolute Gasteiger partial charge is 0.542 e. The highest BCUT2D eigenvalue weighted by Gasteiger charge is 2.29. The fourth-order valence-electron chi connectivity index (χ4n) is 5.17. The molecular weight excluding hydrogens is 670 g/mol. The van der Waals surface area contributed by atoms with E-state index in [-0.39, 0.29) is 5.48 Å². The van der Waals surface area contributed by atoms with Crippen LogP contribution in [0.2, 0.25) is 0 Å². The monoisotopic (exact) mass is 704 g/mol. The first-order valence-corrected chi connectivity index (χ1v) is 15.2. The van der Waals surface area contributed by atoms with E-state index in [1.807, 2.05) is 0 Å². The molecule has 15 heteroatoms. The van der Waals surface area contributed by atoms with Gasteiger partial charge in [0.05, 0.1) is 22.1 Å². The standard InChI is InChI=1S/C31H30N4.2C2HF3O2.H2O/c1-6-18-32-28-16-20-34(30-10-4-2-8-26(28)30)22-24-12-14-25(15-13-24)23-35-21-17-29(33-19-7-1)27-9-3-5-11-31(27)35;2*3-2(4,5)1(6)7;/h2-5,8-17,20-21H,1,6-7,18-19,22-23H2;2*(H,6,7);1H2. The molecule has 0 unspecified atom stereocenters. The molecule has 50 heavy (non-hydrogen) atoms. The van der Waals surface area contributed by atoms with Gasteiger partial charge in [-0.25, -0.2) is 0 Å². The van der Waals surface area contributed by atoms with Gasteiger partial charge in [-0.05, 0) is 31.4 Å². The number of halogens is 6. The molecule has 5 heterocycles. The molecule has 9 nitrogen and oxygen atoms in total. The average molecular weight is 705 g/mol. The first-order valence-electron chi connectivity index (χ1n) is 15.2. The molecule has 0 spiro atoms. The van der Waals surface area contributed by atoms with Crippen LogP contribution in [0.5, 0.6) is 0 Å². The number of carboxylic acids is 2. The van der Waals surface area contributed by atoms with Gasteiger partial charge in [-0.2, -0.15) is 35.5 Å². The fourth-order valence-corrected chi connectivity index (χ4v) is 5.17. The molecule has 4 N–H and O–H groups in total. The molecule has 0 aliphatic carbocycles. The summed E-state index contributed by atoms with van der Waals surface area (Å²) in [5.41, 5.74) is 7.59. The number of carbonyl (C=O) groups excluding carboxylic acids is 2. The lowest BCUT2D eigenvalue weighted by Gasteiger charge is -2.11. The number of anilines is 2. The van der Waals surface area contributed by atoms with Crippen LogP contribution in [0.25, 0.3) is 21.8 Å². The first kappa shape index (κ1) is 39.0. The van der Waals surface area contributed by atoms with Gasteiger partial charge in [-0.3, -0.25) is 0 Å². The molecule has 8 rings (SSSR count). The lowest BCUT2D eigenvalue weighted by molar-refractivity contribution is -0.662. The highest BCUT2D eigenvalue weighted by molar-refractivity contribution is 5.89. The van der Waals surface area contributed by atoms with E-state index in [1.165, 1.54) is 50.7 Å². The van der Waals surface area contributed by atoms with E-state index in [2.05, 4.69) is 117 Å². The normalized spacial score (nSPS) is 13.3. The number of para-hydroxylation sites is 2. The Hall–Kier alpha value is -5.44. The predicted molar refractivity (Wildman–Crippen MR) is 170 cm³/mol. The van der Waals surface area contributed by atoms with Gasteiger partial charge >= 0.3 is 12.4 Å². The van der Waals surface area contributed by atoms with Crippen LogP contribution in [0.15, 0.2) is 97.3 Å². The Balaban J connectivity index is 0.000000383. The number of fused-ring (bicyclic) bond motifs is 2. The molecule has 0 amide bonds. The van der Waals surface area contributed by atoms with Gasteiger partial charge in [-0.15, -0.1) is 0 Å². The number of aliphatic carboxylic acids is 2. The number of hydrogen-bond donors (Lipinski definition) is 2. The van der Waals surface area contributed by atoms with E-state index < -0.39 is 24.3 Å². The second kappa shape index (κ2) is 17.3. The lowest BCUT2D eigenvalue weighted by Crippen LogP contribution is -2.37. The number of pyridine rings is 2. The number of nitrogens with one attached hydrogen (secondary N) is 2. The Morgan fingerprint density at radius 3 is 1.24 bits per heavy atom. The fraction of sp³-hybridized carbons (Fsp3) is 0.257. The molecule has 0 saturated heterocycles. The van der Waals surface area contributed by atoms with Crippen molar-refractivity contribution in [3.8, 4) is 0 Å². The molecule has 0 radical (unpaired) electrons. The molecule has 3 aliphatic heterocycles. The number of hydrogen-bond acceptors (Lipinski definition) is 6. The molecule has 0 atom stereocenters. The Labute approximate surface area is 282 Å². The van der Waals surface area contributed by atoms with E-state index in [0.29, 0.717) is 0 Å². The zero-order valence-electron chi connectivity index (χ0n) is 26.5. The summed E-state index contributed by atoms with van der Waals surface area (Å²) < 4.78 is 67.8. The molecular formula is C35H34F6N4O5. The van der Waals surface area contributed by atoms with Crippen LogP contribution < -0.4 is 30.0 Å². The molecule has 266 valence electrons. The zero-order chi connectivity index (χ0) is 35.6. The second-order valence-corrected chi connectivity index (χ2v) is 11.1. The van der Waals surface area contributed by atoms with Gasteiger partial charge in [0.15, 0.2) is 25.5 Å². The molecule has 2 aromatic heterocycles. The zero-order valence-corrected chi connectivity index (χ0v) is 26.5. The summed E-state index contributed by atoms with van der Waals surface area (Å²) in [4.78, 5) is 17.6. The highest BCUT2D eigenvalue weighted by Crippen LogP contribution is 2.23. The lowest BCUT2D eigenvalue weighted by atomic mass is 10.1. The topological polar surface area (TPSA) is 144 Å². The summed E-state index contributed by atoms with van der Waals surface area (Å²) in [6.07, 6.45) is -2.44. The van der Waals surface area contributed by atoms with Crippen LogP contribution in [0.4, 0.5) is 37.7 Å². The number of carboxylic acid groups (broad SMARTS) is 2. The number of rotatable bonds is 0. The Morgan fingerprint density at radius 2 is 0.900 bits per heavy atom. The van der Waals surface area contributed by atoms with Gasteiger partial charge in [0.1, 0.15) is 11.9 Å². The van der Waals surface area contributed by atoms with Crippen LogP contribution in [-0.2, 0) is 22.7 Å². The van der Waals surface area contributed by atoms with Gasteiger partial charge in [-0.1, -0.05) is 48.5 Å². The van der Waals surface area contributed by atoms with Crippen molar-refractivity contribution >= 4 is 45.1 Å². The summed E-state index contributed by atoms with van der Waals surface area (Å²) >= 11 is 0. The summed E-state index contributed by atoms with van der Waals surface area (Å²) in [7, 11) is 0. The van der Waals surface area contributed by atoms with E-state index >= 15 is 0 Å². The minimum absolute atomic E-state index is 0. The number of nitrogens with zero attached hydrogens (tertiary/aromatic N) is 2. The third kappa shape index (κ3) is 10.8. The summed E-state index contributed by atoms with van der Waals surface area (Å²) in [5.74, 6) is -6.01. The third-order valence-corrected chi connectivity index (χ3v) is 7.53. The van der Waals surface area contributed by atoms with Gasteiger partial charge in [0.2, 0.25) is 11.0 Å². The summed E-state index contributed by atoms with van der Waals surface area (Å²) in [5, 5.41) is 27.5. The van der Waals surface area contributed by atoms with Crippen molar-refractivity contribution < 1.29 is 60.8 Å². The van der Waals surface area contributed by atoms with E-state index in [1.54, 1.807) is 0 Å². The predicted octanol–water partition coefficient (Wildman–Crippen LogP) is 3.44. The maximum atomic E-state index is 10.5. The molecule has 6 bridgehead atoms. The molecule has 5 aromatic rings. The SMILES string of the molecule is O.O=C([O-])C(F)(F)F.O=C([O-])C(F)(F)F.c1ccc2c(c1)c1cc[n+]2Cc2ccc(cc2)C[n+]2ccc(c3ccccc32)NCCCCCN1. The molecule has 3 aromatic carbocycles. The van der Waals surface area contributed by atoms with Gasteiger partial charge < -0.3 is 35.9 Å². The van der Waals surface area contributed by atoms with Crippen LogP contribution in [0.1, 0.15) is 30.4 Å². The average Bonchev–Trinajstić information content (AvgIpc) is 3.06. The Kier molecular flexibility index (Phi) is 13.5. The maximum Gasteiger partial charge on any atom is 0.430 e. The van der Waals surface area contributed by atoms with Crippen molar-refractivity contribution in [3.63, 3.8) is 0 Å². The molecule has 3 aliphatic rings. The van der Waals surface area contributed by atoms with Crippen molar-refractivity contribution in [2.24, 2.45) is 0 Å². The summed E-state index contributed by atoms with van der Waals surface area (Å²) in [6.45, 7) is 3.70. The van der Waals surface area contributed by atoms with Crippen molar-refractivity contribution in [1.29, 1.82) is 0 Å². The second-order valence-electron chi connectivity index (χ2n) is 11.1. The van der Waals surface area contributed by atoms with Crippen LogP contribution in [-0.4, -0.2) is 42.9 Å². The molecule has 0 saturated carbocycles. The summed E-state index contributed by atoms with van der Waals surface area (Å²) in [6, 6.07) is 31.0. The number of alkyl halides is 6. The minimum atomic E-state index is -5.19. The highest BCUT2D eigenvalue weighted by atomic mass is 19.4. The van der Waals surface area contributed by atoms with Gasteiger partial charge in [0, 0.05) is 48.5 Å². The molecule has 0 fully saturated rings. The van der Waals surface area contributed by atoms with Crippen molar-refractivity contribution in [1.82, 2.24) is 0 Å². The smallest absolute Gasteiger partial charge is 0.430 e. The van der Waals surface area contributed by atoms with Crippen molar-refractivity contribution in [2.45, 2.75) is 44.7 Å². The maximum absolute atomic E-state index is 10.5. The van der Waals surface area contributed by atoms with Crippen LogP contribution in [0, 0.1) is 0 Å². The quantitative estimate of drug-likeness (QED) is 0.187. The number of benzene rings is 3. The number of carbonyl (C=O) groups is 2. The van der Waals surface area contributed by atoms with E-state index in [4.69, 9.17) is 19.8 Å². The first-order chi connectivity index (χ1) is 23.2. The van der Waals surface area contributed by atoms with Crippen LogP contribution in [0.3, 0.4) is 0 Å². The Morgan fingerprint density at radius 1 is 0.560 bits per heavy atom. The number of aromatic nitrogens is 2. The van der Waals surface area contributed by atoms with Crippen molar-refractivity contribution in [2.75, 3.05) is 23.7 Å². The van der Waals surface area contributed by atoms with Crippen molar-refractivity contribution in [3.05, 3.63) is 108 Å². The van der Waals surface area contributed by atoms with Gasteiger partial charge in [0.25, 0.3) is 0 Å². The van der Waals surface area contributed by atoms with Crippen LogP contribution >= 0.6 is 0 Å². The third-order valence-electron chi connectivity index (χ3n) is 7.53. The van der Waals surface area contributed by atoms with E-state index in [9.17, 15) is 26.3 Å². The van der Waals surface area contributed by atoms with E-state index in [0.717, 1.165) is 39.0 Å². The Bertz CT molecular complexity index is 1760.